The van der Waals surface area contributed by atoms with Crippen molar-refractivity contribution in [2.24, 2.45) is 0 Å². The Morgan fingerprint density at radius 2 is 2.08 bits per heavy atom. The normalized spacial score (nSPS) is 27.1. The van der Waals surface area contributed by atoms with E-state index in [1.165, 1.54) is 6.08 Å². The lowest BCUT2D eigenvalue weighted by molar-refractivity contribution is -0.0976. The van der Waals surface area contributed by atoms with E-state index in [1.807, 2.05) is 6.92 Å². The predicted octanol–water partition coefficient (Wildman–Crippen LogP) is 2.20. The third-order valence-corrected chi connectivity index (χ3v) is 2.24. The van der Waals surface area contributed by atoms with E-state index in [0.717, 1.165) is 0 Å². The molecule has 12 heavy (non-hydrogen) atoms. The maximum absolute atomic E-state index is 12.1. The minimum atomic E-state index is -4.14. The zero-order valence-electron chi connectivity index (χ0n) is 7.15. The number of likely N-dealkylation sites (N-methyl/N-ethyl adjacent to an activating group) is 1. The van der Waals surface area contributed by atoms with Crippen molar-refractivity contribution in [3.05, 3.63) is 11.6 Å². The van der Waals surface area contributed by atoms with Crippen LogP contribution in [-0.2, 0) is 0 Å². The molecule has 0 saturated heterocycles. The summed E-state index contributed by atoms with van der Waals surface area (Å²) in [5.41, 5.74) is -0.414. The van der Waals surface area contributed by atoms with Gasteiger partial charge in [0, 0.05) is 18.2 Å². The second kappa shape index (κ2) is 3.09. The van der Waals surface area contributed by atoms with E-state index in [4.69, 9.17) is 0 Å². The minimum Gasteiger partial charge on any atom is -0.299 e. The first-order chi connectivity index (χ1) is 5.41. The van der Waals surface area contributed by atoms with E-state index >= 15 is 0 Å². The molecule has 0 aromatic heterocycles. The zero-order valence-corrected chi connectivity index (χ0v) is 7.15. The summed E-state index contributed by atoms with van der Waals surface area (Å²) in [4.78, 5) is 1.71. The van der Waals surface area contributed by atoms with Crippen LogP contribution in [0.4, 0.5) is 13.2 Å². The summed E-state index contributed by atoms with van der Waals surface area (Å²) in [6, 6.07) is 0.219. The Labute approximate surface area is 69.9 Å². The Balaban J connectivity index is 2.71. The molecule has 0 amide bonds. The standard InChI is InChI=1S/C8H12F3N/c1-6-3-4-7(5-12(6)2)8(9,10)11/h4,6H,3,5H2,1-2H3. The highest BCUT2D eigenvalue weighted by molar-refractivity contribution is 5.14. The highest BCUT2D eigenvalue weighted by atomic mass is 19.4. The fraction of sp³-hybridized carbons (Fsp3) is 0.750. The molecule has 0 N–H and O–H groups in total. The lowest BCUT2D eigenvalue weighted by atomic mass is 10.0. The molecule has 1 atom stereocenters. The van der Waals surface area contributed by atoms with Crippen LogP contribution in [0.5, 0.6) is 0 Å². The van der Waals surface area contributed by atoms with Crippen LogP contribution in [0.15, 0.2) is 11.6 Å². The van der Waals surface area contributed by atoms with Gasteiger partial charge in [0.25, 0.3) is 0 Å². The summed E-state index contributed by atoms with van der Waals surface area (Å²) in [5.74, 6) is 0. The first kappa shape index (κ1) is 9.58. The third-order valence-electron chi connectivity index (χ3n) is 2.24. The lowest BCUT2D eigenvalue weighted by Gasteiger charge is -2.30. The van der Waals surface area contributed by atoms with E-state index in [9.17, 15) is 13.2 Å². The van der Waals surface area contributed by atoms with E-state index in [2.05, 4.69) is 0 Å². The molecule has 1 rings (SSSR count). The molecule has 1 aliphatic rings. The molecule has 1 aliphatic heterocycles. The quantitative estimate of drug-likeness (QED) is 0.515. The van der Waals surface area contributed by atoms with Crippen molar-refractivity contribution >= 4 is 0 Å². The number of rotatable bonds is 0. The summed E-state index contributed by atoms with van der Waals surface area (Å²) in [6.07, 6.45) is -2.36. The number of alkyl halides is 3. The van der Waals surface area contributed by atoms with Gasteiger partial charge in [0.1, 0.15) is 0 Å². The average Bonchev–Trinajstić information content (AvgIpc) is 1.92. The van der Waals surface area contributed by atoms with Crippen LogP contribution in [0.2, 0.25) is 0 Å². The first-order valence-electron chi connectivity index (χ1n) is 3.87. The fourth-order valence-electron chi connectivity index (χ4n) is 1.19. The largest absolute Gasteiger partial charge is 0.413 e. The average molecular weight is 179 g/mol. The predicted molar refractivity (Wildman–Crippen MR) is 40.8 cm³/mol. The van der Waals surface area contributed by atoms with Crippen LogP contribution in [0.3, 0.4) is 0 Å². The van der Waals surface area contributed by atoms with Crippen molar-refractivity contribution in [3.8, 4) is 0 Å². The number of halogens is 3. The van der Waals surface area contributed by atoms with Gasteiger partial charge in [-0.15, -0.1) is 0 Å². The maximum atomic E-state index is 12.1. The first-order valence-corrected chi connectivity index (χ1v) is 3.87. The molecular weight excluding hydrogens is 167 g/mol. The Hall–Kier alpha value is -0.510. The summed E-state index contributed by atoms with van der Waals surface area (Å²) in [5, 5.41) is 0. The topological polar surface area (TPSA) is 3.24 Å². The van der Waals surface area contributed by atoms with E-state index in [0.29, 0.717) is 6.42 Å². The Morgan fingerprint density at radius 1 is 1.50 bits per heavy atom. The number of hydrogen-bond acceptors (Lipinski definition) is 1. The SMILES string of the molecule is CC1CC=C(C(F)(F)F)CN1C. The summed E-state index contributed by atoms with van der Waals surface area (Å²) < 4.78 is 36.4. The third kappa shape index (κ3) is 2.00. The van der Waals surface area contributed by atoms with Gasteiger partial charge in [-0.1, -0.05) is 6.08 Å². The number of hydrogen-bond donors (Lipinski definition) is 0. The molecule has 0 radical (unpaired) electrons. The van der Waals surface area contributed by atoms with Gasteiger partial charge >= 0.3 is 6.18 Å². The smallest absolute Gasteiger partial charge is 0.299 e. The Kier molecular flexibility index (Phi) is 2.46. The molecule has 1 heterocycles. The van der Waals surface area contributed by atoms with E-state index < -0.39 is 11.7 Å². The van der Waals surface area contributed by atoms with Gasteiger partial charge in [-0.3, -0.25) is 4.90 Å². The second-order valence-electron chi connectivity index (χ2n) is 3.23. The molecule has 0 spiro atoms. The highest BCUT2D eigenvalue weighted by Gasteiger charge is 2.36. The van der Waals surface area contributed by atoms with Gasteiger partial charge in [-0.05, 0) is 20.4 Å². The van der Waals surface area contributed by atoms with Crippen LogP contribution in [0.1, 0.15) is 13.3 Å². The molecule has 0 bridgehead atoms. The molecule has 1 unspecified atom stereocenters. The lowest BCUT2D eigenvalue weighted by Crippen LogP contribution is -2.37. The molecule has 0 aromatic rings. The molecule has 1 nitrogen and oxygen atoms in total. The van der Waals surface area contributed by atoms with Gasteiger partial charge in [0.15, 0.2) is 0 Å². The van der Waals surface area contributed by atoms with Crippen molar-refractivity contribution in [1.29, 1.82) is 0 Å². The van der Waals surface area contributed by atoms with E-state index in [1.54, 1.807) is 11.9 Å². The van der Waals surface area contributed by atoms with Crippen LogP contribution in [0, 0.1) is 0 Å². The molecule has 0 fully saturated rings. The van der Waals surface area contributed by atoms with Crippen molar-refractivity contribution in [2.75, 3.05) is 13.6 Å². The molecule has 0 aromatic carbocycles. The maximum Gasteiger partial charge on any atom is 0.413 e. The monoisotopic (exact) mass is 179 g/mol. The van der Waals surface area contributed by atoms with Crippen LogP contribution in [0.25, 0.3) is 0 Å². The summed E-state index contributed by atoms with van der Waals surface area (Å²) in [6.45, 7) is 1.94. The van der Waals surface area contributed by atoms with Gasteiger partial charge in [-0.25, -0.2) is 0 Å². The van der Waals surface area contributed by atoms with Gasteiger partial charge in [0.2, 0.25) is 0 Å². The van der Waals surface area contributed by atoms with Crippen LogP contribution >= 0.6 is 0 Å². The molecule has 70 valence electrons. The van der Waals surface area contributed by atoms with Crippen molar-refractivity contribution in [1.82, 2.24) is 4.90 Å². The van der Waals surface area contributed by atoms with Crippen molar-refractivity contribution in [3.63, 3.8) is 0 Å². The van der Waals surface area contributed by atoms with Gasteiger partial charge in [0.05, 0.1) is 0 Å². The minimum absolute atomic E-state index is 0.0185. The fourth-order valence-corrected chi connectivity index (χ4v) is 1.19. The second-order valence-corrected chi connectivity index (χ2v) is 3.23. The van der Waals surface area contributed by atoms with Gasteiger partial charge in [-0.2, -0.15) is 13.2 Å². The van der Waals surface area contributed by atoms with Crippen molar-refractivity contribution < 1.29 is 13.2 Å². The Bertz CT molecular complexity index is 195. The van der Waals surface area contributed by atoms with Crippen LogP contribution in [-0.4, -0.2) is 30.7 Å². The van der Waals surface area contributed by atoms with Crippen molar-refractivity contribution in [2.45, 2.75) is 25.6 Å². The Morgan fingerprint density at radius 3 is 2.50 bits per heavy atom. The van der Waals surface area contributed by atoms with Gasteiger partial charge < -0.3 is 0 Å². The molecule has 4 heteroatoms. The molecular formula is C8H12F3N. The highest BCUT2D eigenvalue weighted by Crippen LogP contribution is 2.29. The van der Waals surface area contributed by atoms with E-state index in [-0.39, 0.29) is 12.6 Å². The summed E-state index contributed by atoms with van der Waals surface area (Å²) >= 11 is 0. The van der Waals surface area contributed by atoms with Crippen LogP contribution < -0.4 is 0 Å². The number of nitrogens with zero attached hydrogens (tertiary/aromatic N) is 1. The summed E-state index contributed by atoms with van der Waals surface area (Å²) in [7, 11) is 1.71. The molecule has 0 aliphatic carbocycles. The zero-order chi connectivity index (χ0) is 9.35. The molecule has 0 saturated carbocycles.